The molecule has 1 amide bonds. The van der Waals surface area contributed by atoms with Crippen molar-refractivity contribution in [3.63, 3.8) is 0 Å². The highest BCUT2D eigenvalue weighted by Crippen LogP contribution is 2.22. The Balaban J connectivity index is 1.64. The van der Waals surface area contributed by atoms with Crippen molar-refractivity contribution in [3.05, 3.63) is 30.6 Å². The predicted molar refractivity (Wildman–Crippen MR) is 74.2 cm³/mol. The summed E-state index contributed by atoms with van der Waals surface area (Å²) in [6.07, 6.45) is 5.13. The Bertz CT molecular complexity index is 556. The lowest BCUT2D eigenvalue weighted by molar-refractivity contribution is -0.120. The molecule has 0 aromatic carbocycles. The van der Waals surface area contributed by atoms with Crippen molar-refractivity contribution in [2.24, 2.45) is 5.92 Å². The molecule has 20 heavy (non-hydrogen) atoms. The molecule has 1 fully saturated rings. The van der Waals surface area contributed by atoms with Crippen LogP contribution in [0.15, 0.2) is 30.6 Å². The zero-order valence-electron chi connectivity index (χ0n) is 11.0. The summed E-state index contributed by atoms with van der Waals surface area (Å²) >= 11 is 0. The van der Waals surface area contributed by atoms with Gasteiger partial charge >= 0.3 is 0 Å². The summed E-state index contributed by atoms with van der Waals surface area (Å²) in [6.45, 7) is 1.62. The van der Waals surface area contributed by atoms with E-state index in [-0.39, 0.29) is 11.8 Å². The molecule has 3 heterocycles. The molecule has 0 saturated carbocycles. The molecule has 1 atom stereocenters. The number of aromatic amines is 1. The van der Waals surface area contributed by atoms with E-state index >= 15 is 0 Å². The lowest BCUT2D eigenvalue weighted by Crippen LogP contribution is -2.41. The third kappa shape index (κ3) is 2.76. The van der Waals surface area contributed by atoms with Gasteiger partial charge in [0.05, 0.1) is 12.1 Å². The van der Waals surface area contributed by atoms with E-state index in [4.69, 9.17) is 0 Å². The molecule has 2 aromatic heterocycles. The second-order valence-corrected chi connectivity index (χ2v) is 4.82. The highest BCUT2D eigenvalue weighted by atomic mass is 16.2. The van der Waals surface area contributed by atoms with Crippen LogP contribution in [0.4, 0.5) is 11.6 Å². The molecule has 3 rings (SSSR count). The van der Waals surface area contributed by atoms with Gasteiger partial charge in [-0.2, -0.15) is 10.3 Å². The molecule has 104 valence electrons. The first-order valence-corrected chi connectivity index (χ1v) is 6.65. The van der Waals surface area contributed by atoms with Crippen LogP contribution in [0.5, 0.6) is 0 Å². The number of H-pyrrole nitrogens is 1. The van der Waals surface area contributed by atoms with E-state index in [1.165, 1.54) is 6.20 Å². The minimum atomic E-state index is -0.0533. The van der Waals surface area contributed by atoms with Gasteiger partial charge < -0.3 is 10.2 Å². The molecule has 0 bridgehead atoms. The number of piperidine rings is 1. The Kier molecular flexibility index (Phi) is 3.58. The fraction of sp³-hybridized carbons (Fsp3) is 0.385. The minimum absolute atomic E-state index is 0.0143. The average Bonchev–Trinajstić information content (AvgIpc) is 3.01. The van der Waals surface area contributed by atoms with Gasteiger partial charge in [-0.1, -0.05) is 6.07 Å². The van der Waals surface area contributed by atoms with Crippen LogP contribution >= 0.6 is 0 Å². The quantitative estimate of drug-likeness (QED) is 0.872. The Hall–Kier alpha value is -2.44. The maximum atomic E-state index is 12.2. The Labute approximate surface area is 116 Å². The molecule has 2 aromatic rings. The van der Waals surface area contributed by atoms with Crippen LogP contribution in [0.1, 0.15) is 12.8 Å². The van der Waals surface area contributed by atoms with Gasteiger partial charge in [-0.3, -0.25) is 4.79 Å². The highest BCUT2D eigenvalue weighted by molar-refractivity contribution is 5.92. The minimum Gasteiger partial charge on any atom is -0.356 e. The Morgan fingerprint density at radius 3 is 3.15 bits per heavy atom. The number of rotatable bonds is 3. The Morgan fingerprint density at radius 1 is 1.45 bits per heavy atom. The summed E-state index contributed by atoms with van der Waals surface area (Å²) in [4.78, 5) is 18.7. The van der Waals surface area contributed by atoms with E-state index in [2.05, 4.69) is 30.6 Å². The first-order valence-electron chi connectivity index (χ1n) is 6.65. The Morgan fingerprint density at radius 2 is 2.40 bits per heavy atom. The normalized spacial score (nSPS) is 18.8. The zero-order chi connectivity index (χ0) is 13.8. The van der Waals surface area contributed by atoms with Gasteiger partial charge in [0.15, 0.2) is 5.82 Å². The summed E-state index contributed by atoms with van der Waals surface area (Å²) in [7, 11) is 0. The summed E-state index contributed by atoms with van der Waals surface area (Å²) in [5.74, 6) is 1.32. The van der Waals surface area contributed by atoms with Crippen LogP contribution in [-0.2, 0) is 4.79 Å². The van der Waals surface area contributed by atoms with Crippen LogP contribution in [0.25, 0.3) is 0 Å². The fourth-order valence-electron chi connectivity index (χ4n) is 2.43. The highest BCUT2D eigenvalue weighted by Gasteiger charge is 2.26. The van der Waals surface area contributed by atoms with Crippen LogP contribution in [0, 0.1) is 5.92 Å². The summed E-state index contributed by atoms with van der Waals surface area (Å²) in [6, 6.07) is 5.82. The van der Waals surface area contributed by atoms with Crippen molar-refractivity contribution in [1.82, 2.24) is 20.4 Å². The smallest absolute Gasteiger partial charge is 0.230 e. The number of nitrogens with zero attached hydrogens (tertiary/aromatic N) is 4. The van der Waals surface area contributed by atoms with Gasteiger partial charge in [0, 0.05) is 19.3 Å². The van der Waals surface area contributed by atoms with Crippen LogP contribution in [0.2, 0.25) is 0 Å². The van der Waals surface area contributed by atoms with Crippen LogP contribution < -0.4 is 10.2 Å². The monoisotopic (exact) mass is 272 g/mol. The molecular formula is C13H16N6O. The van der Waals surface area contributed by atoms with E-state index in [1.54, 1.807) is 6.20 Å². The largest absolute Gasteiger partial charge is 0.356 e. The van der Waals surface area contributed by atoms with Crippen molar-refractivity contribution >= 4 is 17.5 Å². The molecule has 0 aliphatic carbocycles. The van der Waals surface area contributed by atoms with Crippen molar-refractivity contribution < 1.29 is 4.79 Å². The van der Waals surface area contributed by atoms with Crippen molar-refractivity contribution in [3.8, 4) is 0 Å². The zero-order valence-corrected chi connectivity index (χ0v) is 11.0. The number of aromatic nitrogens is 4. The topological polar surface area (TPSA) is 86.8 Å². The number of carbonyl (C=O) groups is 1. The number of carbonyl (C=O) groups excluding carboxylic acids is 1. The van der Waals surface area contributed by atoms with Crippen LogP contribution in [0.3, 0.4) is 0 Å². The molecule has 7 nitrogen and oxygen atoms in total. The van der Waals surface area contributed by atoms with Gasteiger partial charge in [-0.25, -0.2) is 4.98 Å². The van der Waals surface area contributed by atoms with Crippen molar-refractivity contribution in [2.45, 2.75) is 12.8 Å². The van der Waals surface area contributed by atoms with Gasteiger partial charge in [0.25, 0.3) is 0 Å². The van der Waals surface area contributed by atoms with Crippen molar-refractivity contribution in [1.29, 1.82) is 0 Å². The predicted octanol–water partition coefficient (Wildman–Crippen LogP) is 1.05. The lowest BCUT2D eigenvalue weighted by Gasteiger charge is -2.32. The number of hydrogen-bond donors (Lipinski definition) is 2. The summed E-state index contributed by atoms with van der Waals surface area (Å²) in [5.41, 5.74) is 0. The summed E-state index contributed by atoms with van der Waals surface area (Å²) < 4.78 is 0. The summed E-state index contributed by atoms with van der Waals surface area (Å²) in [5, 5.41) is 12.8. The van der Waals surface area contributed by atoms with Gasteiger partial charge in [-0.15, -0.1) is 5.10 Å². The second kappa shape index (κ2) is 5.68. The number of amides is 1. The van der Waals surface area contributed by atoms with E-state index < -0.39 is 0 Å². The average molecular weight is 272 g/mol. The van der Waals surface area contributed by atoms with Crippen LogP contribution in [-0.4, -0.2) is 39.4 Å². The van der Waals surface area contributed by atoms with E-state index in [0.29, 0.717) is 12.4 Å². The van der Waals surface area contributed by atoms with E-state index in [0.717, 1.165) is 25.2 Å². The number of pyridine rings is 1. The maximum Gasteiger partial charge on any atom is 0.230 e. The fourth-order valence-corrected chi connectivity index (χ4v) is 2.43. The molecule has 1 aliphatic heterocycles. The van der Waals surface area contributed by atoms with Gasteiger partial charge in [0.1, 0.15) is 5.82 Å². The SMILES string of the molecule is O=C(Nc1cn[nH]n1)C1CCCN(c2ccccn2)C1. The number of nitrogens with one attached hydrogen (secondary N) is 2. The standard InChI is InChI=1S/C13H16N6O/c20-13(16-11-8-15-18-17-11)10-4-3-7-19(9-10)12-5-1-2-6-14-12/h1-2,5-6,8,10H,3-4,7,9H2,(H2,15,16,17,18,20). The molecule has 0 spiro atoms. The molecule has 7 heteroatoms. The van der Waals surface area contributed by atoms with E-state index in [9.17, 15) is 4.79 Å². The molecular weight excluding hydrogens is 256 g/mol. The molecule has 1 aliphatic rings. The molecule has 1 unspecified atom stereocenters. The first kappa shape index (κ1) is 12.6. The number of anilines is 2. The third-order valence-corrected chi connectivity index (χ3v) is 3.43. The third-order valence-electron chi connectivity index (χ3n) is 3.43. The van der Waals surface area contributed by atoms with Gasteiger partial charge in [0.2, 0.25) is 5.91 Å². The van der Waals surface area contributed by atoms with Crippen molar-refractivity contribution in [2.75, 3.05) is 23.3 Å². The number of hydrogen-bond acceptors (Lipinski definition) is 5. The second-order valence-electron chi connectivity index (χ2n) is 4.82. The lowest BCUT2D eigenvalue weighted by atomic mass is 9.97. The van der Waals surface area contributed by atoms with Gasteiger partial charge in [-0.05, 0) is 25.0 Å². The molecule has 2 N–H and O–H groups in total. The first-order chi connectivity index (χ1) is 9.83. The molecule has 1 saturated heterocycles. The molecule has 0 radical (unpaired) electrons. The van der Waals surface area contributed by atoms with E-state index in [1.807, 2.05) is 18.2 Å². The maximum absolute atomic E-state index is 12.2.